The number of benzene rings is 2. The first kappa shape index (κ1) is 18.9. The van der Waals surface area contributed by atoms with Crippen molar-refractivity contribution >= 4 is 21.6 Å². The highest BCUT2D eigenvalue weighted by Gasteiger charge is 2.21. The van der Waals surface area contributed by atoms with Crippen LogP contribution in [0.1, 0.15) is 16.1 Å². The Kier molecular flexibility index (Phi) is 5.43. The van der Waals surface area contributed by atoms with Gasteiger partial charge in [-0.05, 0) is 48.5 Å². The van der Waals surface area contributed by atoms with E-state index in [1.54, 1.807) is 23.3 Å². The zero-order valence-electron chi connectivity index (χ0n) is 15.1. The Morgan fingerprint density at radius 2 is 1.59 bits per heavy atom. The molecule has 1 amide bonds. The smallest absolute Gasteiger partial charge is 0.258 e. The topological polar surface area (TPSA) is 70.8 Å². The van der Waals surface area contributed by atoms with Crippen LogP contribution in [0.15, 0.2) is 82.3 Å². The zero-order valence-corrected chi connectivity index (χ0v) is 15.9. The molecule has 6 nitrogen and oxygen atoms in total. The number of amides is 1. The standard InChI is InChI=1S/C20H20N2O4S/c1-21(2)27(24,25)19-12-10-16(11-13-19)20(23)22(15-18-9-6-14-26-18)17-7-4-3-5-8-17/h3-14H,15H2,1-2H3. The van der Waals surface area contributed by atoms with Crippen molar-refractivity contribution in [3.8, 4) is 0 Å². The third-order valence-electron chi connectivity index (χ3n) is 4.09. The van der Waals surface area contributed by atoms with Gasteiger partial charge in [0, 0.05) is 25.3 Å². The van der Waals surface area contributed by atoms with Crippen LogP contribution in [0.2, 0.25) is 0 Å². The van der Waals surface area contributed by atoms with Gasteiger partial charge in [-0.15, -0.1) is 0 Å². The number of para-hydroxylation sites is 1. The van der Waals surface area contributed by atoms with Gasteiger partial charge in [0.25, 0.3) is 5.91 Å². The fourth-order valence-electron chi connectivity index (χ4n) is 2.58. The predicted molar refractivity (Wildman–Crippen MR) is 103 cm³/mol. The average molecular weight is 384 g/mol. The highest BCUT2D eigenvalue weighted by molar-refractivity contribution is 7.89. The number of carbonyl (C=O) groups is 1. The van der Waals surface area contributed by atoms with Gasteiger partial charge in [0.05, 0.1) is 17.7 Å². The van der Waals surface area contributed by atoms with Crippen LogP contribution in [0.5, 0.6) is 0 Å². The Hall–Kier alpha value is -2.90. The molecule has 2 aromatic carbocycles. The third kappa shape index (κ3) is 4.10. The Morgan fingerprint density at radius 3 is 2.15 bits per heavy atom. The maximum absolute atomic E-state index is 13.1. The van der Waals surface area contributed by atoms with Crippen molar-refractivity contribution in [2.45, 2.75) is 11.4 Å². The maximum atomic E-state index is 13.1. The molecule has 0 saturated heterocycles. The first-order chi connectivity index (χ1) is 12.9. The van der Waals surface area contributed by atoms with Crippen LogP contribution in [-0.4, -0.2) is 32.7 Å². The van der Waals surface area contributed by atoms with Crippen LogP contribution in [0.25, 0.3) is 0 Å². The van der Waals surface area contributed by atoms with Gasteiger partial charge < -0.3 is 9.32 Å². The Balaban J connectivity index is 1.92. The summed E-state index contributed by atoms with van der Waals surface area (Å²) >= 11 is 0. The molecular weight excluding hydrogens is 364 g/mol. The molecule has 140 valence electrons. The number of furan rings is 1. The van der Waals surface area contributed by atoms with E-state index in [1.807, 2.05) is 30.3 Å². The highest BCUT2D eigenvalue weighted by Crippen LogP contribution is 2.21. The molecule has 0 atom stereocenters. The molecule has 0 aliphatic heterocycles. The van der Waals surface area contributed by atoms with Gasteiger partial charge in [-0.1, -0.05) is 18.2 Å². The molecule has 7 heteroatoms. The Morgan fingerprint density at radius 1 is 0.926 bits per heavy atom. The first-order valence-electron chi connectivity index (χ1n) is 8.31. The molecule has 27 heavy (non-hydrogen) atoms. The fourth-order valence-corrected chi connectivity index (χ4v) is 3.48. The van der Waals surface area contributed by atoms with Crippen molar-refractivity contribution in [1.29, 1.82) is 0 Å². The second-order valence-electron chi connectivity index (χ2n) is 6.12. The van der Waals surface area contributed by atoms with Crippen molar-refractivity contribution < 1.29 is 17.6 Å². The average Bonchev–Trinajstić information content (AvgIpc) is 3.19. The highest BCUT2D eigenvalue weighted by atomic mass is 32.2. The van der Waals surface area contributed by atoms with Crippen LogP contribution in [-0.2, 0) is 16.6 Å². The fraction of sp³-hybridized carbons (Fsp3) is 0.150. The number of rotatable bonds is 6. The first-order valence-corrected chi connectivity index (χ1v) is 9.75. The lowest BCUT2D eigenvalue weighted by Crippen LogP contribution is -2.30. The van der Waals surface area contributed by atoms with Crippen molar-refractivity contribution in [1.82, 2.24) is 4.31 Å². The molecule has 0 bridgehead atoms. The van der Waals surface area contributed by atoms with Gasteiger partial charge in [-0.2, -0.15) is 0 Å². The van der Waals surface area contributed by atoms with E-state index in [2.05, 4.69) is 0 Å². The lowest BCUT2D eigenvalue weighted by atomic mass is 10.1. The minimum Gasteiger partial charge on any atom is -0.467 e. The molecule has 0 unspecified atom stereocenters. The van der Waals surface area contributed by atoms with Crippen molar-refractivity contribution in [2.75, 3.05) is 19.0 Å². The molecule has 0 radical (unpaired) electrons. The van der Waals surface area contributed by atoms with Crippen molar-refractivity contribution in [2.24, 2.45) is 0 Å². The zero-order chi connectivity index (χ0) is 19.4. The lowest BCUT2D eigenvalue weighted by Gasteiger charge is -2.22. The van der Waals surface area contributed by atoms with E-state index in [9.17, 15) is 13.2 Å². The number of hydrogen-bond donors (Lipinski definition) is 0. The molecule has 1 heterocycles. The normalized spacial score (nSPS) is 11.5. The Labute approximate surface area is 158 Å². The van der Waals surface area contributed by atoms with E-state index in [0.717, 1.165) is 9.99 Å². The predicted octanol–water partition coefficient (Wildman–Crippen LogP) is 3.38. The summed E-state index contributed by atoms with van der Waals surface area (Å²) in [5, 5.41) is 0. The SMILES string of the molecule is CN(C)S(=O)(=O)c1ccc(C(=O)N(Cc2ccco2)c2ccccc2)cc1. The van der Waals surface area contributed by atoms with Crippen molar-refractivity contribution in [3.63, 3.8) is 0 Å². The number of nitrogens with zero attached hydrogens (tertiary/aromatic N) is 2. The Bertz CT molecular complexity index is 996. The summed E-state index contributed by atoms with van der Waals surface area (Å²) in [7, 11) is -0.605. The second-order valence-corrected chi connectivity index (χ2v) is 8.27. The molecule has 3 aromatic rings. The van der Waals surface area contributed by atoms with Crippen LogP contribution in [0.4, 0.5) is 5.69 Å². The van der Waals surface area contributed by atoms with E-state index in [4.69, 9.17) is 4.42 Å². The van der Waals surface area contributed by atoms with Gasteiger partial charge in [0.15, 0.2) is 0 Å². The van der Waals surface area contributed by atoms with Crippen LogP contribution < -0.4 is 4.90 Å². The van der Waals surface area contributed by atoms with E-state index < -0.39 is 10.0 Å². The molecule has 0 fully saturated rings. The van der Waals surface area contributed by atoms with Gasteiger partial charge in [-0.25, -0.2) is 12.7 Å². The quantitative estimate of drug-likeness (QED) is 0.653. The number of anilines is 1. The molecular formula is C20H20N2O4S. The van der Waals surface area contributed by atoms with E-state index in [1.165, 1.54) is 38.4 Å². The molecule has 1 aromatic heterocycles. The van der Waals surface area contributed by atoms with Crippen LogP contribution in [0, 0.1) is 0 Å². The number of carbonyl (C=O) groups excluding carboxylic acids is 1. The lowest BCUT2D eigenvalue weighted by molar-refractivity contribution is 0.0983. The minimum atomic E-state index is -3.54. The molecule has 0 spiro atoms. The minimum absolute atomic E-state index is 0.140. The van der Waals surface area contributed by atoms with Crippen molar-refractivity contribution in [3.05, 3.63) is 84.3 Å². The van der Waals surface area contributed by atoms with Gasteiger partial charge in [0.2, 0.25) is 10.0 Å². The third-order valence-corrected chi connectivity index (χ3v) is 5.92. The molecule has 0 saturated carbocycles. The van der Waals surface area contributed by atoms with E-state index >= 15 is 0 Å². The second kappa shape index (κ2) is 7.77. The van der Waals surface area contributed by atoms with Gasteiger partial charge in [-0.3, -0.25) is 4.79 Å². The van der Waals surface area contributed by atoms with Crippen LogP contribution >= 0.6 is 0 Å². The molecule has 0 aliphatic rings. The molecule has 0 N–H and O–H groups in total. The monoisotopic (exact) mass is 384 g/mol. The molecule has 0 aliphatic carbocycles. The van der Waals surface area contributed by atoms with E-state index in [0.29, 0.717) is 11.3 Å². The van der Waals surface area contributed by atoms with Gasteiger partial charge >= 0.3 is 0 Å². The number of sulfonamides is 1. The molecule has 3 rings (SSSR count). The summed E-state index contributed by atoms with van der Waals surface area (Å²) in [5.74, 6) is 0.408. The maximum Gasteiger partial charge on any atom is 0.258 e. The number of hydrogen-bond acceptors (Lipinski definition) is 4. The van der Waals surface area contributed by atoms with E-state index in [-0.39, 0.29) is 17.3 Å². The van der Waals surface area contributed by atoms with Gasteiger partial charge in [0.1, 0.15) is 5.76 Å². The summed E-state index contributed by atoms with van der Waals surface area (Å²) in [4.78, 5) is 14.8. The summed E-state index contributed by atoms with van der Waals surface area (Å²) in [6, 6.07) is 18.8. The summed E-state index contributed by atoms with van der Waals surface area (Å²) < 4.78 is 30.9. The van der Waals surface area contributed by atoms with Crippen LogP contribution in [0.3, 0.4) is 0 Å². The summed E-state index contributed by atoms with van der Waals surface area (Å²) in [5.41, 5.74) is 1.12. The largest absolute Gasteiger partial charge is 0.467 e. The summed E-state index contributed by atoms with van der Waals surface area (Å²) in [6.45, 7) is 0.271. The summed E-state index contributed by atoms with van der Waals surface area (Å²) in [6.07, 6.45) is 1.56.